The van der Waals surface area contributed by atoms with Crippen molar-refractivity contribution in [2.75, 3.05) is 18.9 Å². The van der Waals surface area contributed by atoms with E-state index in [4.69, 9.17) is 15.6 Å². The average Bonchev–Trinajstić information content (AvgIpc) is 3.18. The quantitative estimate of drug-likeness (QED) is 0.504. The van der Waals surface area contributed by atoms with Crippen LogP contribution in [0.3, 0.4) is 0 Å². The smallest absolute Gasteiger partial charge is 0.394 e. The molecule has 0 radical (unpaired) electrons. The van der Waals surface area contributed by atoms with Crippen LogP contribution in [0.2, 0.25) is 0 Å². The van der Waals surface area contributed by atoms with Gasteiger partial charge in [-0.25, -0.2) is 23.1 Å². The maximum atomic E-state index is 13.2. The second-order valence-corrected chi connectivity index (χ2v) is 9.57. The van der Waals surface area contributed by atoms with Gasteiger partial charge in [-0.05, 0) is 37.5 Å². The van der Waals surface area contributed by atoms with Crippen LogP contribution in [0.5, 0.6) is 0 Å². The first-order valence-corrected chi connectivity index (χ1v) is 11.5. The fraction of sp³-hybridized carbons (Fsp3) is 0.400. The third kappa shape index (κ3) is 4.67. The van der Waals surface area contributed by atoms with Crippen LogP contribution in [0.1, 0.15) is 24.1 Å². The minimum absolute atomic E-state index is 0.0292. The van der Waals surface area contributed by atoms with Gasteiger partial charge in [0.2, 0.25) is 10.0 Å². The summed E-state index contributed by atoms with van der Waals surface area (Å²) in [6, 6.07) is 3.91. The zero-order valence-electron chi connectivity index (χ0n) is 17.5. The number of aryl methyl sites for hydroxylation is 1. The van der Waals surface area contributed by atoms with Gasteiger partial charge in [0.25, 0.3) is 0 Å². The molecule has 33 heavy (non-hydrogen) atoms. The number of fused-ring (bicyclic) bond motifs is 1. The van der Waals surface area contributed by atoms with Crippen molar-refractivity contribution in [2.45, 2.75) is 43.0 Å². The SMILES string of the molecule is Cc1ccc(S(=O)(=O)N[C@H]2CC[C@H](CO)OC2)cc1-c1cnc2c(N)nc(C(F)(F)F)cn12. The number of aromatic nitrogens is 3. The van der Waals surface area contributed by atoms with Gasteiger partial charge in [-0.2, -0.15) is 13.2 Å². The number of imidazole rings is 1. The summed E-state index contributed by atoms with van der Waals surface area (Å²) in [5, 5.41) is 9.14. The van der Waals surface area contributed by atoms with Gasteiger partial charge >= 0.3 is 6.18 Å². The molecule has 0 aliphatic carbocycles. The number of rotatable bonds is 5. The molecule has 1 aliphatic rings. The van der Waals surface area contributed by atoms with Crippen LogP contribution in [0, 0.1) is 6.92 Å². The third-order valence-corrected chi connectivity index (χ3v) is 7.02. The summed E-state index contributed by atoms with van der Waals surface area (Å²) in [5.41, 5.74) is 5.77. The summed E-state index contributed by atoms with van der Waals surface area (Å²) in [7, 11) is -3.95. The fourth-order valence-electron chi connectivity index (χ4n) is 3.72. The van der Waals surface area contributed by atoms with Gasteiger partial charge < -0.3 is 15.6 Å². The normalized spacial score (nSPS) is 19.8. The van der Waals surface area contributed by atoms with Crippen LogP contribution < -0.4 is 10.5 Å². The minimum Gasteiger partial charge on any atom is -0.394 e. The van der Waals surface area contributed by atoms with Gasteiger partial charge in [0.05, 0.1) is 36.1 Å². The molecule has 1 fully saturated rings. The number of alkyl halides is 3. The topological polar surface area (TPSA) is 132 Å². The molecule has 0 bridgehead atoms. The highest BCUT2D eigenvalue weighted by molar-refractivity contribution is 7.89. The van der Waals surface area contributed by atoms with Crippen molar-refractivity contribution in [1.29, 1.82) is 0 Å². The summed E-state index contributed by atoms with van der Waals surface area (Å²) >= 11 is 0. The number of hydrogen-bond acceptors (Lipinski definition) is 7. The van der Waals surface area contributed by atoms with Crippen molar-refractivity contribution in [2.24, 2.45) is 0 Å². The lowest BCUT2D eigenvalue weighted by molar-refractivity contribution is -0.141. The Morgan fingerprint density at radius 2 is 2.09 bits per heavy atom. The van der Waals surface area contributed by atoms with E-state index in [1.807, 2.05) is 0 Å². The summed E-state index contributed by atoms with van der Waals surface area (Å²) < 4.78 is 74.8. The van der Waals surface area contributed by atoms with E-state index in [0.29, 0.717) is 24.0 Å². The van der Waals surface area contributed by atoms with Crippen LogP contribution in [0.15, 0.2) is 35.5 Å². The molecule has 4 rings (SSSR count). The lowest BCUT2D eigenvalue weighted by Crippen LogP contribution is -2.43. The average molecular weight is 485 g/mol. The van der Waals surface area contributed by atoms with Crippen molar-refractivity contribution in [1.82, 2.24) is 19.1 Å². The number of nitrogens with one attached hydrogen (secondary N) is 1. The third-order valence-electron chi connectivity index (χ3n) is 5.50. The van der Waals surface area contributed by atoms with E-state index in [1.165, 1.54) is 18.3 Å². The summed E-state index contributed by atoms with van der Waals surface area (Å²) in [4.78, 5) is 7.38. The molecule has 178 valence electrons. The lowest BCUT2D eigenvalue weighted by Gasteiger charge is -2.28. The number of halogens is 3. The lowest BCUT2D eigenvalue weighted by atomic mass is 10.1. The highest BCUT2D eigenvalue weighted by Gasteiger charge is 2.34. The largest absolute Gasteiger partial charge is 0.434 e. The van der Waals surface area contributed by atoms with Crippen molar-refractivity contribution < 1.29 is 31.4 Å². The highest BCUT2D eigenvalue weighted by atomic mass is 32.2. The van der Waals surface area contributed by atoms with Crippen LogP contribution in [0.4, 0.5) is 19.0 Å². The van der Waals surface area contributed by atoms with Gasteiger partial charge in [-0.15, -0.1) is 0 Å². The minimum atomic E-state index is -4.72. The number of aliphatic hydroxyl groups is 1. The number of ether oxygens (including phenoxy) is 1. The van der Waals surface area contributed by atoms with Gasteiger partial charge in [0, 0.05) is 17.8 Å². The number of hydrogen-bond donors (Lipinski definition) is 3. The molecule has 13 heteroatoms. The second kappa shape index (κ2) is 8.56. The first kappa shape index (κ1) is 23.4. The number of nitrogens with two attached hydrogens (primary N) is 1. The van der Waals surface area contributed by atoms with E-state index in [9.17, 15) is 21.6 Å². The van der Waals surface area contributed by atoms with E-state index in [2.05, 4.69) is 14.7 Å². The summed E-state index contributed by atoms with van der Waals surface area (Å²) in [5.74, 6) is -0.391. The molecule has 0 amide bonds. The maximum absolute atomic E-state index is 13.2. The standard InChI is InChI=1S/C20H22F3N5O4S/c1-11-2-5-14(33(30,31)27-12-3-4-13(9-29)32-10-12)6-15(11)16-7-25-19-18(24)26-17(8-28(16)19)20(21,22)23/h2,5-8,12-13,27,29H,3-4,9-10H2,1H3,(H2,24,26)/t12-,13+/m0/s1. The number of anilines is 1. The molecule has 0 unspecified atom stereocenters. The van der Waals surface area contributed by atoms with Crippen LogP contribution in [0.25, 0.3) is 16.9 Å². The molecule has 0 saturated carbocycles. The molecule has 2 aromatic heterocycles. The van der Waals surface area contributed by atoms with Crippen molar-refractivity contribution in [3.8, 4) is 11.3 Å². The van der Waals surface area contributed by atoms with Crippen molar-refractivity contribution in [3.63, 3.8) is 0 Å². The fourth-order valence-corrected chi connectivity index (χ4v) is 5.00. The molecule has 1 aromatic carbocycles. The Hall–Kier alpha value is -2.74. The van der Waals surface area contributed by atoms with E-state index in [0.717, 1.165) is 10.6 Å². The Balaban J connectivity index is 1.71. The van der Waals surface area contributed by atoms with Crippen LogP contribution in [-0.2, 0) is 20.9 Å². The highest BCUT2D eigenvalue weighted by Crippen LogP contribution is 2.32. The maximum Gasteiger partial charge on any atom is 0.434 e. The van der Waals surface area contributed by atoms with Gasteiger partial charge in [0.1, 0.15) is 0 Å². The zero-order valence-corrected chi connectivity index (χ0v) is 18.3. The van der Waals surface area contributed by atoms with Gasteiger partial charge in [0.15, 0.2) is 17.2 Å². The molecule has 1 saturated heterocycles. The van der Waals surface area contributed by atoms with Gasteiger partial charge in [-0.1, -0.05) is 6.07 Å². The van der Waals surface area contributed by atoms with Gasteiger partial charge in [-0.3, -0.25) is 4.40 Å². The Bertz CT molecular complexity index is 1280. The number of aliphatic hydroxyl groups excluding tert-OH is 1. The van der Waals surface area contributed by atoms with Crippen LogP contribution >= 0.6 is 0 Å². The molecule has 4 N–H and O–H groups in total. The molecular formula is C20H22F3N5O4S. The Kier molecular flexibility index (Phi) is 6.07. The Morgan fingerprint density at radius 3 is 2.73 bits per heavy atom. The monoisotopic (exact) mass is 485 g/mol. The molecular weight excluding hydrogens is 463 g/mol. The van der Waals surface area contributed by atoms with E-state index in [1.54, 1.807) is 13.0 Å². The Morgan fingerprint density at radius 1 is 1.33 bits per heavy atom. The number of nitrogen functional groups attached to an aromatic ring is 1. The van der Waals surface area contributed by atoms with E-state index >= 15 is 0 Å². The first-order chi connectivity index (χ1) is 15.5. The summed E-state index contributed by atoms with van der Waals surface area (Å²) in [6.45, 7) is 1.71. The van der Waals surface area contributed by atoms with Crippen molar-refractivity contribution >= 4 is 21.5 Å². The molecule has 1 aliphatic heterocycles. The van der Waals surface area contributed by atoms with E-state index in [-0.39, 0.29) is 35.6 Å². The van der Waals surface area contributed by atoms with Crippen molar-refractivity contribution in [3.05, 3.63) is 41.9 Å². The Labute approximate surface area is 187 Å². The first-order valence-electron chi connectivity index (χ1n) is 10.1. The summed E-state index contributed by atoms with van der Waals surface area (Å²) in [6.07, 6.45) is -1.90. The molecule has 9 nitrogen and oxygen atoms in total. The number of sulfonamides is 1. The molecule has 0 spiro atoms. The molecule has 3 aromatic rings. The van der Waals surface area contributed by atoms with E-state index < -0.39 is 33.8 Å². The number of nitrogens with zero attached hydrogens (tertiary/aromatic N) is 3. The zero-order chi connectivity index (χ0) is 24.0. The predicted molar refractivity (Wildman–Crippen MR) is 113 cm³/mol. The predicted octanol–water partition coefficient (Wildman–Crippen LogP) is 2.12. The second-order valence-electron chi connectivity index (χ2n) is 7.86. The molecule has 3 heterocycles. The number of benzene rings is 1. The molecule has 2 atom stereocenters. The van der Waals surface area contributed by atoms with Crippen LogP contribution in [-0.4, -0.2) is 53.3 Å².